The van der Waals surface area contributed by atoms with Crippen molar-refractivity contribution >= 4 is 33.1 Å². The molecule has 0 amide bonds. The second-order valence-electron chi connectivity index (χ2n) is 7.07. The van der Waals surface area contributed by atoms with Crippen molar-refractivity contribution in [3.63, 3.8) is 0 Å². The van der Waals surface area contributed by atoms with Crippen LogP contribution in [0.5, 0.6) is 28.7 Å². The molecule has 34 heavy (non-hydrogen) atoms. The molecule has 0 aliphatic carbocycles. The first-order valence-electron chi connectivity index (χ1n) is 10.1. The van der Waals surface area contributed by atoms with Gasteiger partial charge < -0.3 is 30.8 Å². The molecule has 0 atom stereocenters. The summed E-state index contributed by atoms with van der Waals surface area (Å²) in [6.07, 6.45) is 0. The van der Waals surface area contributed by atoms with Crippen LogP contribution < -0.4 is 53.8 Å². The van der Waals surface area contributed by atoms with E-state index < -0.39 is 5.97 Å². The molecule has 0 fully saturated rings. The average Bonchev–Trinajstić information content (AvgIpc) is 3.18. The summed E-state index contributed by atoms with van der Waals surface area (Å²) in [5.74, 6) is 2.38. The third kappa shape index (κ3) is 5.59. The van der Waals surface area contributed by atoms with E-state index in [4.69, 9.17) is 18.9 Å². The standard InChI is InChI=1S/C25H23NO6S.Na.H/c1-29-17-7-9-18(10-8-17)32-24-19-12-20(30-2)21(31-3)13-22(19)33-23(24)14-26-16-6-4-5-15(11-16)25(27)28;;/h4-13,26H,14H2,1-3H3,(H,27,28);;/q;+1;-1. The van der Waals surface area contributed by atoms with E-state index in [0.29, 0.717) is 35.2 Å². The number of aromatic carboxylic acids is 1. The maximum absolute atomic E-state index is 11.3. The molecular formula is C25H24NNaO6S. The molecule has 9 heteroatoms. The fourth-order valence-electron chi connectivity index (χ4n) is 3.39. The normalized spacial score (nSPS) is 10.3. The van der Waals surface area contributed by atoms with Gasteiger partial charge in [-0.3, -0.25) is 0 Å². The molecule has 0 aliphatic heterocycles. The molecule has 7 nitrogen and oxygen atoms in total. The number of benzene rings is 3. The summed E-state index contributed by atoms with van der Waals surface area (Å²) in [5.41, 5.74) is 0.929. The molecule has 3 aromatic carbocycles. The largest absolute Gasteiger partial charge is 1.00 e. The molecule has 0 saturated heterocycles. The number of carbonyl (C=O) groups is 1. The summed E-state index contributed by atoms with van der Waals surface area (Å²) in [5, 5.41) is 13.5. The van der Waals surface area contributed by atoms with Crippen LogP contribution in [0.2, 0.25) is 0 Å². The Labute approximate surface area is 225 Å². The number of methoxy groups -OCH3 is 3. The number of ether oxygens (including phenoxy) is 4. The van der Waals surface area contributed by atoms with Crippen molar-refractivity contribution in [3.8, 4) is 28.7 Å². The Hall–Kier alpha value is -2.91. The first-order chi connectivity index (χ1) is 16.0. The Bertz CT molecular complexity index is 1300. The molecular weight excluding hydrogens is 465 g/mol. The third-order valence-electron chi connectivity index (χ3n) is 5.06. The smallest absolute Gasteiger partial charge is 1.00 e. The number of thiophene rings is 1. The van der Waals surface area contributed by atoms with Gasteiger partial charge in [-0.2, -0.15) is 0 Å². The van der Waals surface area contributed by atoms with Gasteiger partial charge in [0.25, 0.3) is 0 Å². The van der Waals surface area contributed by atoms with Gasteiger partial charge >= 0.3 is 35.5 Å². The minimum absolute atomic E-state index is 0. The van der Waals surface area contributed by atoms with Gasteiger partial charge in [0.05, 0.1) is 38.3 Å². The van der Waals surface area contributed by atoms with Gasteiger partial charge in [0.2, 0.25) is 0 Å². The second-order valence-corrected chi connectivity index (χ2v) is 8.21. The summed E-state index contributed by atoms with van der Waals surface area (Å²) in [4.78, 5) is 12.2. The van der Waals surface area contributed by atoms with Crippen LogP contribution in [0.3, 0.4) is 0 Å². The van der Waals surface area contributed by atoms with Crippen LogP contribution in [0, 0.1) is 0 Å². The van der Waals surface area contributed by atoms with E-state index >= 15 is 0 Å². The number of carboxylic acids is 1. The number of rotatable bonds is 9. The number of carboxylic acid groups (broad SMARTS) is 1. The van der Waals surface area contributed by atoms with E-state index in [1.165, 1.54) is 0 Å². The molecule has 0 unspecified atom stereocenters. The molecule has 1 heterocycles. The second kappa shape index (κ2) is 11.5. The quantitative estimate of drug-likeness (QED) is 0.350. The maximum atomic E-state index is 11.3. The van der Waals surface area contributed by atoms with Crippen LogP contribution in [-0.2, 0) is 6.54 Å². The van der Waals surface area contributed by atoms with E-state index in [2.05, 4.69) is 5.32 Å². The van der Waals surface area contributed by atoms with E-state index in [1.807, 2.05) is 42.5 Å². The van der Waals surface area contributed by atoms with Gasteiger partial charge in [0.15, 0.2) is 17.2 Å². The van der Waals surface area contributed by atoms with Gasteiger partial charge in [-0.1, -0.05) is 6.07 Å². The molecule has 1 aromatic heterocycles. The van der Waals surface area contributed by atoms with Crippen LogP contribution in [0.15, 0.2) is 60.7 Å². The number of hydrogen-bond acceptors (Lipinski definition) is 7. The topological polar surface area (TPSA) is 86.3 Å². The average molecular weight is 490 g/mol. The summed E-state index contributed by atoms with van der Waals surface area (Å²) in [6.45, 7) is 0.443. The molecule has 0 spiro atoms. The predicted molar refractivity (Wildman–Crippen MR) is 130 cm³/mol. The fourth-order valence-corrected chi connectivity index (χ4v) is 4.47. The van der Waals surface area contributed by atoms with Gasteiger partial charge in [0, 0.05) is 21.8 Å². The predicted octanol–water partition coefficient (Wildman–Crippen LogP) is 3.15. The van der Waals surface area contributed by atoms with Crippen molar-refractivity contribution in [1.29, 1.82) is 0 Å². The summed E-state index contributed by atoms with van der Waals surface area (Å²) >= 11 is 1.57. The first-order valence-corrected chi connectivity index (χ1v) is 10.9. The van der Waals surface area contributed by atoms with Crippen molar-refractivity contribution in [2.24, 2.45) is 0 Å². The third-order valence-corrected chi connectivity index (χ3v) is 6.19. The number of hydrogen-bond donors (Lipinski definition) is 2. The molecule has 0 bridgehead atoms. The van der Waals surface area contributed by atoms with E-state index in [-0.39, 0.29) is 36.5 Å². The van der Waals surface area contributed by atoms with Crippen molar-refractivity contribution in [2.75, 3.05) is 26.6 Å². The number of anilines is 1. The van der Waals surface area contributed by atoms with Crippen molar-refractivity contribution in [3.05, 3.63) is 71.1 Å². The minimum atomic E-state index is -0.969. The number of fused-ring (bicyclic) bond motifs is 1. The Morgan fingerprint density at radius 1 is 0.941 bits per heavy atom. The van der Waals surface area contributed by atoms with Crippen LogP contribution in [0.25, 0.3) is 10.1 Å². The first kappa shape index (κ1) is 25.7. The van der Waals surface area contributed by atoms with Crippen molar-refractivity contribution < 1.29 is 59.8 Å². The molecule has 0 saturated carbocycles. The van der Waals surface area contributed by atoms with Crippen molar-refractivity contribution in [1.82, 2.24) is 0 Å². The molecule has 2 N–H and O–H groups in total. The minimum Gasteiger partial charge on any atom is -1.00 e. The summed E-state index contributed by atoms with van der Waals surface area (Å²) in [6, 6.07) is 17.9. The van der Waals surface area contributed by atoms with E-state index in [9.17, 15) is 9.90 Å². The monoisotopic (exact) mass is 489 g/mol. The summed E-state index contributed by atoms with van der Waals surface area (Å²) < 4.78 is 23.5. The molecule has 172 valence electrons. The zero-order chi connectivity index (χ0) is 23.4. The number of nitrogens with one attached hydrogen (secondary N) is 1. The Kier molecular flexibility index (Phi) is 8.68. The molecule has 0 radical (unpaired) electrons. The van der Waals surface area contributed by atoms with Crippen LogP contribution in [-0.4, -0.2) is 32.4 Å². The molecule has 4 aromatic rings. The van der Waals surface area contributed by atoms with E-state index in [1.54, 1.807) is 50.9 Å². The maximum Gasteiger partial charge on any atom is 1.00 e. The van der Waals surface area contributed by atoms with E-state index in [0.717, 1.165) is 20.7 Å². The van der Waals surface area contributed by atoms with Crippen LogP contribution >= 0.6 is 11.3 Å². The fraction of sp³-hybridized carbons (Fsp3) is 0.160. The Balaban J connectivity index is 0.00000216. The van der Waals surface area contributed by atoms with Gasteiger partial charge in [-0.25, -0.2) is 4.79 Å². The van der Waals surface area contributed by atoms with Crippen LogP contribution in [0.4, 0.5) is 5.69 Å². The van der Waals surface area contributed by atoms with Gasteiger partial charge in [-0.05, 0) is 48.5 Å². The zero-order valence-electron chi connectivity index (χ0n) is 20.4. The Morgan fingerprint density at radius 3 is 2.26 bits per heavy atom. The Morgan fingerprint density at radius 2 is 1.62 bits per heavy atom. The molecule has 4 rings (SSSR count). The van der Waals surface area contributed by atoms with Crippen LogP contribution in [0.1, 0.15) is 16.7 Å². The SMILES string of the molecule is COc1ccc(Oc2c(CNc3cccc(C(=O)O)c3)sc3cc(OC)c(OC)cc23)cc1.[H-].[Na+]. The van der Waals surface area contributed by atoms with Crippen molar-refractivity contribution in [2.45, 2.75) is 6.54 Å². The van der Waals surface area contributed by atoms with Gasteiger partial charge in [-0.15, -0.1) is 11.3 Å². The summed E-state index contributed by atoms with van der Waals surface area (Å²) in [7, 11) is 4.81. The zero-order valence-corrected chi connectivity index (χ0v) is 22.2. The van der Waals surface area contributed by atoms with Gasteiger partial charge in [0.1, 0.15) is 11.5 Å². The molecule has 0 aliphatic rings.